The third-order valence-electron chi connectivity index (χ3n) is 3.86. The molecule has 0 amide bonds. The monoisotopic (exact) mass is 334 g/mol. The van der Waals surface area contributed by atoms with Crippen LogP contribution in [0.25, 0.3) is 0 Å². The minimum Gasteiger partial charge on any atom is -0.497 e. The molecule has 0 fully saturated rings. The smallest absolute Gasteiger partial charge is 0.131 e. The Hall–Kier alpha value is -3.08. The molecule has 2 aromatic carbocycles. The highest BCUT2D eigenvalue weighted by molar-refractivity contribution is 5.46. The first kappa shape index (κ1) is 16.8. The van der Waals surface area contributed by atoms with E-state index in [1.54, 1.807) is 13.4 Å². The standard InChI is InChI=1S/C20H22N4O/c1-25-18-9-7-16(8-10-18)11-12-21-19-13-20(24-15-23-19)22-14-17-5-3-2-4-6-17/h2-10,13,15H,11-12,14H2,1H3,(H2,21,22,23,24). The molecule has 0 saturated heterocycles. The summed E-state index contributed by atoms with van der Waals surface area (Å²) in [5.41, 5.74) is 2.47. The summed E-state index contributed by atoms with van der Waals surface area (Å²) < 4.78 is 5.17. The van der Waals surface area contributed by atoms with Gasteiger partial charge in [0.25, 0.3) is 0 Å². The third-order valence-corrected chi connectivity index (χ3v) is 3.86. The van der Waals surface area contributed by atoms with Crippen molar-refractivity contribution in [3.05, 3.63) is 78.1 Å². The summed E-state index contributed by atoms with van der Waals surface area (Å²) in [5.74, 6) is 2.51. The van der Waals surface area contributed by atoms with Gasteiger partial charge in [-0.3, -0.25) is 0 Å². The molecule has 0 aliphatic heterocycles. The van der Waals surface area contributed by atoms with Gasteiger partial charge >= 0.3 is 0 Å². The number of methoxy groups -OCH3 is 1. The van der Waals surface area contributed by atoms with Gasteiger partial charge in [0, 0.05) is 19.2 Å². The van der Waals surface area contributed by atoms with E-state index in [0.29, 0.717) is 0 Å². The number of hydrogen-bond donors (Lipinski definition) is 2. The van der Waals surface area contributed by atoms with Gasteiger partial charge < -0.3 is 15.4 Å². The lowest BCUT2D eigenvalue weighted by molar-refractivity contribution is 0.414. The number of nitrogens with one attached hydrogen (secondary N) is 2. The van der Waals surface area contributed by atoms with Crippen LogP contribution in [-0.4, -0.2) is 23.6 Å². The summed E-state index contributed by atoms with van der Waals surface area (Å²) in [6.07, 6.45) is 2.49. The van der Waals surface area contributed by atoms with E-state index in [1.165, 1.54) is 11.1 Å². The second kappa shape index (κ2) is 8.68. The van der Waals surface area contributed by atoms with Crippen molar-refractivity contribution in [1.82, 2.24) is 9.97 Å². The fourth-order valence-electron chi connectivity index (χ4n) is 2.47. The topological polar surface area (TPSA) is 59.1 Å². The van der Waals surface area contributed by atoms with E-state index >= 15 is 0 Å². The van der Waals surface area contributed by atoms with Crippen molar-refractivity contribution in [2.24, 2.45) is 0 Å². The molecule has 5 nitrogen and oxygen atoms in total. The Morgan fingerprint density at radius 1 is 0.840 bits per heavy atom. The molecular formula is C20H22N4O. The highest BCUT2D eigenvalue weighted by Gasteiger charge is 2.00. The van der Waals surface area contributed by atoms with E-state index in [-0.39, 0.29) is 0 Å². The van der Waals surface area contributed by atoms with Gasteiger partial charge in [-0.2, -0.15) is 0 Å². The van der Waals surface area contributed by atoms with E-state index < -0.39 is 0 Å². The number of rotatable bonds is 8. The zero-order valence-corrected chi connectivity index (χ0v) is 14.3. The van der Waals surface area contributed by atoms with Crippen LogP contribution in [0.1, 0.15) is 11.1 Å². The van der Waals surface area contributed by atoms with Crippen molar-refractivity contribution in [2.45, 2.75) is 13.0 Å². The Morgan fingerprint density at radius 2 is 1.56 bits per heavy atom. The summed E-state index contributed by atoms with van der Waals surface area (Å²) in [7, 11) is 1.68. The normalized spacial score (nSPS) is 10.3. The van der Waals surface area contributed by atoms with Crippen molar-refractivity contribution < 1.29 is 4.74 Å². The number of aromatic nitrogens is 2. The maximum Gasteiger partial charge on any atom is 0.131 e. The van der Waals surface area contributed by atoms with Crippen LogP contribution in [0, 0.1) is 0 Å². The van der Waals surface area contributed by atoms with Crippen LogP contribution in [0.15, 0.2) is 67.0 Å². The van der Waals surface area contributed by atoms with Crippen molar-refractivity contribution >= 4 is 11.6 Å². The number of nitrogens with zero attached hydrogens (tertiary/aromatic N) is 2. The first-order chi connectivity index (χ1) is 12.3. The molecule has 3 rings (SSSR count). The summed E-state index contributed by atoms with van der Waals surface area (Å²) in [6.45, 7) is 1.55. The molecule has 0 unspecified atom stereocenters. The van der Waals surface area contributed by atoms with Gasteiger partial charge in [0.05, 0.1) is 7.11 Å². The molecule has 3 aromatic rings. The van der Waals surface area contributed by atoms with Crippen LogP contribution in [0.4, 0.5) is 11.6 Å². The Balaban J connectivity index is 1.49. The maximum absolute atomic E-state index is 5.17. The summed E-state index contributed by atoms with van der Waals surface area (Å²) in [6, 6.07) is 20.3. The highest BCUT2D eigenvalue weighted by Crippen LogP contribution is 2.13. The average Bonchev–Trinajstić information content (AvgIpc) is 2.68. The van der Waals surface area contributed by atoms with Crippen molar-refractivity contribution in [2.75, 3.05) is 24.3 Å². The van der Waals surface area contributed by atoms with Crippen LogP contribution in [0.2, 0.25) is 0 Å². The molecule has 0 aliphatic rings. The SMILES string of the molecule is COc1ccc(CCNc2cc(NCc3ccccc3)ncn2)cc1. The Labute approximate surface area is 148 Å². The molecule has 0 aliphatic carbocycles. The van der Waals surface area contributed by atoms with Gasteiger partial charge in [-0.15, -0.1) is 0 Å². The number of anilines is 2. The molecule has 0 radical (unpaired) electrons. The van der Waals surface area contributed by atoms with Gasteiger partial charge in [-0.05, 0) is 29.7 Å². The second-order valence-corrected chi connectivity index (χ2v) is 5.65. The predicted octanol–water partition coefficient (Wildman–Crippen LogP) is 3.75. The zero-order valence-electron chi connectivity index (χ0n) is 14.3. The van der Waals surface area contributed by atoms with E-state index in [1.807, 2.05) is 36.4 Å². The molecular weight excluding hydrogens is 312 g/mol. The number of benzene rings is 2. The van der Waals surface area contributed by atoms with E-state index in [4.69, 9.17) is 4.74 Å². The molecule has 0 atom stereocenters. The van der Waals surface area contributed by atoms with E-state index in [9.17, 15) is 0 Å². The van der Waals surface area contributed by atoms with E-state index in [2.05, 4.69) is 44.9 Å². The lowest BCUT2D eigenvalue weighted by Gasteiger charge is -2.09. The maximum atomic E-state index is 5.17. The minimum atomic E-state index is 0.739. The fourth-order valence-corrected chi connectivity index (χ4v) is 2.47. The molecule has 5 heteroatoms. The number of hydrogen-bond acceptors (Lipinski definition) is 5. The molecule has 0 saturated carbocycles. The zero-order chi connectivity index (χ0) is 17.3. The Morgan fingerprint density at radius 3 is 2.28 bits per heavy atom. The summed E-state index contributed by atoms with van der Waals surface area (Å²) in [5, 5.41) is 6.66. The van der Waals surface area contributed by atoms with Gasteiger partial charge in [-0.25, -0.2) is 9.97 Å². The Kier molecular flexibility index (Phi) is 5.82. The molecule has 0 spiro atoms. The second-order valence-electron chi connectivity index (χ2n) is 5.65. The van der Waals surface area contributed by atoms with Crippen LogP contribution in [0.3, 0.4) is 0 Å². The first-order valence-corrected chi connectivity index (χ1v) is 8.30. The van der Waals surface area contributed by atoms with Gasteiger partial charge in [0.15, 0.2) is 0 Å². The largest absolute Gasteiger partial charge is 0.497 e. The van der Waals surface area contributed by atoms with Gasteiger partial charge in [0.1, 0.15) is 23.7 Å². The molecule has 25 heavy (non-hydrogen) atoms. The molecule has 128 valence electrons. The summed E-state index contributed by atoms with van der Waals surface area (Å²) in [4.78, 5) is 8.53. The molecule has 2 N–H and O–H groups in total. The Bertz CT molecular complexity index is 775. The van der Waals surface area contributed by atoms with Crippen LogP contribution < -0.4 is 15.4 Å². The highest BCUT2D eigenvalue weighted by atomic mass is 16.5. The predicted molar refractivity (Wildman–Crippen MR) is 101 cm³/mol. The van der Waals surface area contributed by atoms with Gasteiger partial charge in [0.2, 0.25) is 0 Å². The van der Waals surface area contributed by atoms with E-state index in [0.717, 1.165) is 36.9 Å². The first-order valence-electron chi connectivity index (χ1n) is 8.30. The van der Waals surface area contributed by atoms with Crippen molar-refractivity contribution in [3.63, 3.8) is 0 Å². The molecule has 1 heterocycles. The minimum absolute atomic E-state index is 0.739. The summed E-state index contributed by atoms with van der Waals surface area (Å²) >= 11 is 0. The van der Waals surface area contributed by atoms with Crippen LogP contribution in [0.5, 0.6) is 5.75 Å². The number of ether oxygens (including phenoxy) is 1. The van der Waals surface area contributed by atoms with Gasteiger partial charge in [-0.1, -0.05) is 42.5 Å². The van der Waals surface area contributed by atoms with Crippen LogP contribution in [-0.2, 0) is 13.0 Å². The lowest BCUT2D eigenvalue weighted by Crippen LogP contribution is -2.08. The molecule has 0 bridgehead atoms. The quantitative estimate of drug-likeness (QED) is 0.657. The van der Waals surface area contributed by atoms with Crippen molar-refractivity contribution in [1.29, 1.82) is 0 Å². The van der Waals surface area contributed by atoms with Crippen molar-refractivity contribution in [3.8, 4) is 5.75 Å². The van der Waals surface area contributed by atoms with Crippen LogP contribution >= 0.6 is 0 Å². The molecule has 1 aromatic heterocycles. The fraction of sp³-hybridized carbons (Fsp3) is 0.200. The average molecular weight is 334 g/mol. The lowest BCUT2D eigenvalue weighted by atomic mass is 10.1. The third kappa shape index (κ3) is 5.21.